The summed E-state index contributed by atoms with van der Waals surface area (Å²) in [6.07, 6.45) is 1.11. The van der Waals surface area contributed by atoms with Crippen LogP contribution in [0, 0.1) is 11.7 Å². The van der Waals surface area contributed by atoms with Gasteiger partial charge < -0.3 is 15.0 Å². The minimum Gasteiger partial charge on any atom is -0.381 e. The van der Waals surface area contributed by atoms with Crippen LogP contribution in [0.4, 0.5) is 4.39 Å². The largest absolute Gasteiger partial charge is 0.381 e. The molecule has 118 valence electrons. The average molecular weight is 407 g/mol. The van der Waals surface area contributed by atoms with Crippen molar-refractivity contribution in [2.45, 2.75) is 13.0 Å². The molecule has 1 unspecified atom stereocenters. The maximum Gasteiger partial charge on any atom is 0.193 e. The highest BCUT2D eigenvalue weighted by molar-refractivity contribution is 14.0. The Morgan fingerprint density at radius 2 is 2.14 bits per heavy atom. The van der Waals surface area contributed by atoms with Gasteiger partial charge in [0, 0.05) is 39.7 Å². The molecule has 1 aliphatic rings. The van der Waals surface area contributed by atoms with Crippen molar-refractivity contribution in [3.63, 3.8) is 0 Å². The summed E-state index contributed by atoms with van der Waals surface area (Å²) in [6, 6.07) is 6.50. The zero-order valence-electron chi connectivity index (χ0n) is 12.5. The van der Waals surface area contributed by atoms with Gasteiger partial charge in [0.25, 0.3) is 0 Å². The van der Waals surface area contributed by atoms with E-state index in [0.29, 0.717) is 12.5 Å². The summed E-state index contributed by atoms with van der Waals surface area (Å²) in [4.78, 5) is 6.39. The van der Waals surface area contributed by atoms with E-state index in [9.17, 15) is 4.39 Å². The molecule has 0 aliphatic carbocycles. The van der Waals surface area contributed by atoms with Gasteiger partial charge in [-0.1, -0.05) is 12.1 Å². The van der Waals surface area contributed by atoms with Crippen molar-refractivity contribution < 1.29 is 9.13 Å². The second kappa shape index (κ2) is 9.19. The van der Waals surface area contributed by atoms with Crippen LogP contribution >= 0.6 is 24.0 Å². The van der Waals surface area contributed by atoms with Gasteiger partial charge in [-0.3, -0.25) is 4.99 Å². The third kappa shape index (κ3) is 5.78. The van der Waals surface area contributed by atoms with Crippen LogP contribution in [0.5, 0.6) is 0 Å². The zero-order valence-corrected chi connectivity index (χ0v) is 14.8. The van der Waals surface area contributed by atoms with E-state index in [1.165, 1.54) is 12.1 Å². The molecule has 0 spiro atoms. The molecule has 1 saturated heterocycles. The Kier molecular flexibility index (Phi) is 7.95. The van der Waals surface area contributed by atoms with E-state index < -0.39 is 0 Å². The average Bonchev–Trinajstić information content (AvgIpc) is 2.94. The minimum atomic E-state index is -0.212. The standard InChI is InChI=1S/C15H22FN3O.HI/c1-17-15(19(2)10-13-7-8-20-11-13)18-9-12-3-5-14(16)6-4-12;/h3-6,13H,7-11H2,1-2H3,(H,17,18);1H. The third-order valence-electron chi connectivity index (χ3n) is 3.49. The normalized spacial score (nSPS) is 18.2. The molecule has 0 bridgehead atoms. The Hall–Kier alpha value is -0.890. The second-order valence-electron chi connectivity index (χ2n) is 5.14. The summed E-state index contributed by atoms with van der Waals surface area (Å²) in [5, 5.41) is 3.29. The van der Waals surface area contributed by atoms with Crippen molar-refractivity contribution in [1.82, 2.24) is 10.2 Å². The molecule has 6 heteroatoms. The molecule has 0 amide bonds. The van der Waals surface area contributed by atoms with E-state index in [-0.39, 0.29) is 29.8 Å². The van der Waals surface area contributed by atoms with Crippen LogP contribution in [0.2, 0.25) is 0 Å². The van der Waals surface area contributed by atoms with Crippen LogP contribution in [0.25, 0.3) is 0 Å². The summed E-state index contributed by atoms with van der Waals surface area (Å²) in [5.41, 5.74) is 1.03. The lowest BCUT2D eigenvalue weighted by Gasteiger charge is -2.24. The lowest BCUT2D eigenvalue weighted by molar-refractivity contribution is 0.181. The highest BCUT2D eigenvalue weighted by Gasteiger charge is 2.18. The number of nitrogens with one attached hydrogen (secondary N) is 1. The number of aliphatic imine (C=N–C) groups is 1. The summed E-state index contributed by atoms with van der Waals surface area (Å²) in [5.74, 6) is 1.21. The lowest BCUT2D eigenvalue weighted by atomic mass is 10.1. The predicted octanol–water partition coefficient (Wildman–Crippen LogP) is 2.49. The first-order chi connectivity index (χ1) is 9.69. The third-order valence-corrected chi connectivity index (χ3v) is 3.49. The molecule has 0 aromatic heterocycles. The number of nitrogens with zero attached hydrogens (tertiary/aromatic N) is 2. The van der Waals surface area contributed by atoms with Crippen LogP contribution in [0.15, 0.2) is 29.3 Å². The van der Waals surface area contributed by atoms with Crippen LogP contribution in [-0.2, 0) is 11.3 Å². The van der Waals surface area contributed by atoms with E-state index in [1.807, 2.05) is 7.05 Å². The van der Waals surface area contributed by atoms with Gasteiger partial charge in [0.2, 0.25) is 0 Å². The maximum atomic E-state index is 12.8. The monoisotopic (exact) mass is 407 g/mol. The second-order valence-corrected chi connectivity index (χ2v) is 5.14. The van der Waals surface area contributed by atoms with E-state index in [4.69, 9.17) is 4.74 Å². The van der Waals surface area contributed by atoms with Crippen LogP contribution in [0.1, 0.15) is 12.0 Å². The zero-order chi connectivity index (χ0) is 14.4. The molecule has 2 rings (SSSR count). The minimum absolute atomic E-state index is 0. The summed E-state index contributed by atoms with van der Waals surface area (Å²) in [6.45, 7) is 3.26. The van der Waals surface area contributed by atoms with E-state index >= 15 is 0 Å². The molecule has 21 heavy (non-hydrogen) atoms. The topological polar surface area (TPSA) is 36.9 Å². The molecule has 0 radical (unpaired) electrons. The Labute approximate surface area is 142 Å². The van der Waals surface area contributed by atoms with Gasteiger partial charge in [-0.05, 0) is 24.1 Å². The predicted molar refractivity (Wildman–Crippen MR) is 93.6 cm³/mol. The highest BCUT2D eigenvalue weighted by atomic mass is 127. The highest BCUT2D eigenvalue weighted by Crippen LogP contribution is 2.13. The molecule has 1 atom stereocenters. The van der Waals surface area contributed by atoms with Gasteiger partial charge >= 0.3 is 0 Å². The molecule has 1 aliphatic heterocycles. The summed E-state index contributed by atoms with van der Waals surface area (Å²) >= 11 is 0. The van der Waals surface area contributed by atoms with Crippen LogP contribution < -0.4 is 5.32 Å². The van der Waals surface area contributed by atoms with Gasteiger partial charge in [-0.2, -0.15) is 0 Å². The van der Waals surface area contributed by atoms with Crippen LogP contribution in [0.3, 0.4) is 0 Å². The maximum absolute atomic E-state index is 12.8. The molecule has 1 heterocycles. The fourth-order valence-electron chi connectivity index (χ4n) is 2.37. The van der Waals surface area contributed by atoms with Gasteiger partial charge in [0.15, 0.2) is 5.96 Å². The fourth-order valence-corrected chi connectivity index (χ4v) is 2.37. The number of hydrogen-bond acceptors (Lipinski definition) is 2. The first-order valence-electron chi connectivity index (χ1n) is 6.93. The van der Waals surface area contributed by atoms with E-state index in [0.717, 1.165) is 37.7 Å². The van der Waals surface area contributed by atoms with Gasteiger partial charge in [-0.15, -0.1) is 24.0 Å². The first kappa shape index (κ1) is 18.2. The smallest absolute Gasteiger partial charge is 0.193 e. The van der Waals surface area contributed by atoms with E-state index in [2.05, 4.69) is 15.2 Å². The number of ether oxygens (including phenoxy) is 1. The van der Waals surface area contributed by atoms with Crippen molar-refractivity contribution in [1.29, 1.82) is 0 Å². The fraction of sp³-hybridized carbons (Fsp3) is 0.533. The Morgan fingerprint density at radius 3 is 2.71 bits per heavy atom. The van der Waals surface area contributed by atoms with Crippen molar-refractivity contribution >= 4 is 29.9 Å². The van der Waals surface area contributed by atoms with Crippen molar-refractivity contribution in [3.8, 4) is 0 Å². The number of hydrogen-bond donors (Lipinski definition) is 1. The van der Waals surface area contributed by atoms with Crippen molar-refractivity contribution in [2.24, 2.45) is 10.9 Å². The molecule has 0 saturated carbocycles. The Bertz CT molecular complexity index is 447. The molecular formula is C15H23FIN3O. The van der Waals surface area contributed by atoms with Crippen molar-refractivity contribution in [2.75, 3.05) is 33.9 Å². The van der Waals surface area contributed by atoms with Gasteiger partial charge in [0.05, 0.1) is 6.61 Å². The van der Waals surface area contributed by atoms with Gasteiger partial charge in [0.1, 0.15) is 5.82 Å². The quantitative estimate of drug-likeness (QED) is 0.474. The SMILES string of the molecule is CN=C(NCc1ccc(F)cc1)N(C)CC1CCOC1.I. The molecule has 1 N–H and O–H groups in total. The summed E-state index contributed by atoms with van der Waals surface area (Å²) < 4.78 is 18.2. The molecule has 1 aromatic rings. The molecular weight excluding hydrogens is 384 g/mol. The number of rotatable bonds is 4. The Balaban J connectivity index is 0.00000220. The molecule has 4 nitrogen and oxygen atoms in total. The first-order valence-corrected chi connectivity index (χ1v) is 6.93. The number of guanidine groups is 1. The molecule has 1 fully saturated rings. The number of halogens is 2. The number of benzene rings is 1. The Morgan fingerprint density at radius 1 is 1.43 bits per heavy atom. The lowest BCUT2D eigenvalue weighted by Crippen LogP contribution is -2.41. The van der Waals surface area contributed by atoms with Crippen molar-refractivity contribution in [3.05, 3.63) is 35.6 Å². The summed E-state index contributed by atoms with van der Waals surface area (Å²) in [7, 11) is 3.80. The van der Waals surface area contributed by atoms with Crippen LogP contribution in [-0.4, -0.2) is 44.7 Å². The van der Waals surface area contributed by atoms with E-state index in [1.54, 1.807) is 19.2 Å². The van der Waals surface area contributed by atoms with Gasteiger partial charge in [-0.25, -0.2) is 4.39 Å². The molecule has 1 aromatic carbocycles.